The van der Waals surface area contributed by atoms with E-state index in [2.05, 4.69) is 20.6 Å². The van der Waals surface area contributed by atoms with E-state index >= 15 is 0 Å². The summed E-state index contributed by atoms with van der Waals surface area (Å²) in [7, 11) is 1.63. The number of benzene rings is 2. The Morgan fingerprint density at radius 2 is 1.96 bits per heavy atom. The number of carbonyl (C=O) groups excluding carboxylic acids is 1. The largest absolute Gasteiger partial charge is 0.496 e. The predicted molar refractivity (Wildman–Crippen MR) is 111 cm³/mol. The summed E-state index contributed by atoms with van der Waals surface area (Å²) in [5.74, 6) is 1.07. The number of nitrogens with one attached hydrogen (secondary N) is 2. The lowest BCUT2D eigenvalue weighted by molar-refractivity contribution is 0.0948. The van der Waals surface area contributed by atoms with Crippen LogP contribution < -0.4 is 15.4 Å². The molecule has 0 saturated carbocycles. The molecule has 0 atom stereocenters. The van der Waals surface area contributed by atoms with E-state index in [1.54, 1.807) is 7.11 Å². The van der Waals surface area contributed by atoms with E-state index in [1.165, 1.54) is 12.4 Å². The zero-order valence-corrected chi connectivity index (χ0v) is 16.5. The molecule has 0 saturated heterocycles. The molecule has 0 bridgehead atoms. The molecule has 0 unspecified atom stereocenters. The molecule has 0 fully saturated rings. The summed E-state index contributed by atoms with van der Waals surface area (Å²) in [4.78, 5) is 20.7. The van der Waals surface area contributed by atoms with Gasteiger partial charge in [0.25, 0.3) is 5.91 Å². The van der Waals surface area contributed by atoms with Gasteiger partial charge in [-0.3, -0.25) is 4.79 Å². The molecule has 144 valence electrons. The lowest BCUT2D eigenvalue weighted by Gasteiger charge is -2.09. The lowest BCUT2D eigenvalue weighted by atomic mass is 10.1. The predicted octanol–water partition coefficient (Wildman–Crippen LogP) is 4.16. The van der Waals surface area contributed by atoms with Gasteiger partial charge in [-0.15, -0.1) is 0 Å². The zero-order chi connectivity index (χ0) is 19.9. The molecular weight excluding hydrogens is 376 g/mol. The smallest absolute Gasteiger partial charge is 0.271 e. The number of para-hydroxylation sites is 1. The summed E-state index contributed by atoms with van der Waals surface area (Å²) in [6.45, 7) is 2.41. The highest BCUT2D eigenvalue weighted by molar-refractivity contribution is 6.31. The summed E-state index contributed by atoms with van der Waals surface area (Å²) in [5.41, 5.74) is 3.09. The molecule has 0 spiro atoms. The molecule has 28 heavy (non-hydrogen) atoms. The maximum Gasteiger partial charge on any atom is 0.271 e. The standard InChI is InChI=1S/C21H21ClN4O2/c1-14-7-8-16(11-17(14)22)26-20-13-24-18(12-25-20)21(27)23-10-9-15-5-3-4-6-19(15)28-2/h3-8,11-13H,9-10H2,1-2H3,(H,23,27)(H,25,26). The second kappa shape index (κ2) is 9.19. The third-order valence-electron chi connectivity index (χ3n) is 4.20. The average molecular weight is 397 g/mol. The van der Waals surface area contributed by atoms with Crippen molar-refractivity contribution < 1.29 is 9.53 Å². The maximum absolute atomic E-state index is 12.3. The first-order chi connectivity index (χ1) is 13.6. The molecule has 0 aliphatic rings. The zero-order valence-electron chi connectivity index (χ0n) is 15.7. The van der Waals surface area contributed by atoms with Gasteiger partial charge in [-0.25, -0.2) is 9.97 Å². The van der Waals surface area contributed by atoms with Crippen molar-refractivity contribution in [2.45, 2.75) is 13.3 Å². The van der Waals surface area contributed by atoms with Crippen molar-refractivity contribution >= 4 is 29.0 Å². The normalized spacial score (nSPS) is 10.4. The highest BCUT2D eigenvalue weighted by atomic mass is 35.5. The molecule has 3 rings (SSSR count). The van der Waals surface area contributed by atoms with E-state index in [4.69, 9.17) is 16.3 Å². The fourth-order valence-electron chi connectivity index (χ4n) is 2.64. The maximum atomic E-state index is 12.3. The van der Waals surface area contributed by atoms with Crippen LogP contribution in [-0.4, -0.2) is 29.5 Å². The Hall–Kier alpha value is -3.12. The van der Waals surface area contributed by atoms with E-state index < -0.39 is 0 Å². The van der Waals surface area contributed by atoms with Gasteiger partial charge in [0.1, 0.15) is 17.3 Å². The van der Waals surface area contributed by atoms with Crippen molar-refractivity contribution in [1.29, 1.82) is 0 Å². The number of anilines is 2. The topological polar surface area (TPSA) is 76.1 Å². The first-order valence-corrected chi connectivity index (χ1v) is 9.20. The minimum Gasteiger partial charge on any atom is -0.496 e. The second-order valence-electron chi connectivity index (χ2n) is 6.19. The van der Waals surface area contributed by atoms with Crippen molar-refractivity contribution in [3.63, 3.8) is 0 Å². The number of amides is 1. The van der Waals surface area contributed by atoms with E-state index in [1.807, 2.05) is 49.4 Å². The van der Waals surface area contributed by atoms with Gasteiger partial charge in [-0.05, 0) is 42.7 Å². The number of aryl methyl sites for hydroxylation is 1. The summed E-state index contributed by atoms with van der Waals surface area (Å²) >= 11 is 6.12. The number of nitrogens with zero attached hydrogens (tertiary/aromatic N) is 2. The minimum atomic E-state index is -0.271. The molecular formula is C21H21ClN4O2. The van der Waals surface area contributed by atoms with Crippen LogP contribution in [0.5, 0.6) is 5.75 Å². The van der Waals surface area contributed by atoms with Gasteiger partial charge in [0, 0.05) is 17.3 Å². The SMILES string of the molecule is COc1ccccc1CCNC(=O)c1cnc(Nc2ccc(C)c(Cl)c2)cn1. The van der Waals surface area contributed by atoms with Crippen LogP contribution in [0.25, 0.3) is 0 Å². The molecule has 2 aromatic carbocycles. The van der Waals surface area contributed by atoms with Crippen molar-refractivity contribution in [3.8, 4) is 5.75 Å². The molecule has 0 aliphatic heterocycles. The Bertz CT molecular complexity index is 961. The van der Waals surface area contributed by atoms with Crippen LogP contribution >= 0.6 is 11.6 Å². The van der Waals surface area contributed by atoms with Crippen LogP contribution in [0.15, 0.2) is 54.9 Å². The van der Waals surface area contributed by atoms with E-state index in [9.17, 15) is 4.79 Å². The third-order valence-corrected chi connectivity index (χ3v) is 4.61. The molecule has 1 amide bonds. The molecule has 3 aromatic rings. The van der Waals surface area contributed by atoms with Gasteiger partial charge in [-0.1, -0.05) is 35.9 Å². The molecule has 1 heterocycles. The fourth-order valence-corrected chi connectivity index (χ4v) is 2.82. The van der Waals surface area contributed by atoms with Crippen LogP contribution in [0.1, 0.15) is 21.6 Å². The van der Waals surface area contributed by atoms with Crippen molar-refractivity contribution in [3.05, 3.63) is 76.7 Å². The van der Waals surface area contributed by atoms with E-state index in [0.29, 0.717) is 23.8 Å². The lowest BCUT2D eigenvalue weighted by Crippen LogP contribution is -2.26. The number of aromatic nitrogens is 2. The van der Waals surface area contributed by atoms with Gasteiger partial charge in [0.05, 0.1) is 19.5 Å². The molecule has 0 radical (unpaired) electrons. The van der Waals surface area contributed by atoms with Crippen molar-refractivity contribution in [1.82, 2.24) is 15.3 Å². The summed E-state index contributed by atoms with van der Waals surface area (Å²) in [6.07, 6.45) is 3.62. The van der Waals surface area contributed by atoms with Crippen molar-refractivity contribution in [2.24, 2.45) is 0 Å². The molecule has 1 aromatic heterocycles. The number of carbonyl (C=O) groups is 1. The molecule has 2 N–H and O–H groups in total. The number of ether oxygens (including phenoxy) is 1. The Morgan fingerprint density at radius 1 is 1.14 bits per heavy atom. The Labute approximate surface area is 168 Å². The number of methoxy groups -OCH3 is 1. The van der Waals surface area contributed by atoms with E-state index in [-0.39, 0.29) is 11.6 Å². The van der Waals surface area contributed by atoms with Crippen LogP contribution in [0.4, 0.5) is 11.5 Å². The first-order valence-electron chi connectivity index (χ1n) is 8.82. The molecule has 7 heteroatoms. The monoisotopic (exact) mass is 396 g/mol. The van der Waals surface area contributed by atoms with Crippen LogP contribution in [0.3, 0.4) is 0 Å². The third kappa shape index (κ3) is 4.98. The number of hydrogen-bond acceptors (Lipinski definition) is 5. The highest BCUT2D eigenvalue weighted by Gasteiger charge is 2.09. The number of rotatable bonds is 7. The van der Waals surface area contributed by atoms with Gasteiger partial charge in [0.2, 0.25) is 0 Å². The van der Waals surface area contributed by atoms with E-state index in [0.717, 1.165) is 22.6 Å². The van der Waals surface area contributed by atoms with Gasteiger partial charge in [0.15, 0.2) is 0 Å². The molecule has 6 nitrogen and oxygen atoms in total. The highest BCUT2D eigenvalue weighted by Crippen LogP contribution is 2.22. The number of halogens is 1. The van der Waals surface area contributed by atoms with Gasteiger partial charge in [-0.2, -0.15) is 0 Å². The summed E-state index contributed by atoms with van der Waals surface area (Å²) < 4.78 is 5.31. The van der Waals surface area contributed by atoms with Gasteiger partial charge >= 0.3 is 0 Å². The Morgan fingerprint density at radius 3 is 2.68 bits per heavy atom. The quantitative estimate of drug-likeness (QED) is 0.627. The van der Waals surface area contributed by atoms with Crippen LogP contribution in [-0.2, 0) is 6.42 Å². The van der Waals surface area contributed by atoms with Crippen LogP contribution in [0, 0.1) is 6.92 Å². The average Bonchev–Trinajstić information content (AvgIpc) is 2.71. The van der Waals surface area contributed by atoms with Gasteiger partial charge < -0.3 is 15.4 Å². The molecule has 0 aliphatic carbocycles. The summed E-state index contributed by atoms with van der Waals surface area (Å²) in [6, 6.07) is 13.4. The second-order valence-corrected chi connectivity index (χ2v) is 6.60. The van der Waals surface area contributed by atoms with Crippen LogP contribution in [0.2, 0.25) is 5.02 Å². The minimum absolute atomic E-state index is 0.257. The first kappa shape index (κ1) is 19.6. The Kier molecular flexibility index (Phi) is 6.45. The van der Waals surface area contributed by atoms with Crippen molar-refractivity contribution in [2.75, 3.05) is 19.0 Å². The fraction of sp³-hybridized carbons (Fsp3) is 0.190. The summed E-state index contributed by atoms with van der Waals surface area (Å²) in [5, 5.41) is 6.63. The Balaban J connectivity index is 1.55. The number of hydrogen-bond donors (Lipinski definition) is 2.